The second kappa shape index (κ2) is 6.54. The molecule has 0 radical (unpaired) electrons. The van der Waals surface area contributed by atoms with Crippen LogP contribution < -0.4 is 10.6 Å². The van der Waals surface area contributed by atoms with Crippen LogP contribution in [0.25, 0.3) is 5.69 Å². The molecule has 0 unspecified atom stereocenters. The fraction of sp³-hybridized carbons (Fsp3) is 0.375. The van der Waals surface area contributed by atoms with Crippen LogP contribution >= 0.6 is 0 Å². The van der Waals surface area contributed by atoms with Gasteiger partial charge in [0.2, 0.25) is 5.91 Å². The van der Waals surface area contributed by atoms with Crippen molar-refractivity contribution in [2.45, 2.75) is 19.3 Å². The van der Waals surface area contributed by atoms with Crippen molar-refractivity contribution in [1.29, 1.82) is 0 Å². The van der Waals surface area contributed by atoms with E-state index < -0.39 is 0 Å². The van der Waals surface area contributed by atoms with E-state index in [9.17, 15) is 4.79 Å². The van der Waals surface area contributed by atoms with E-state index in [1.165, 1.54) is 0 Å². The molecule has 0 bridgehead atoms. The molecule has 2 aromatic rings. The van der Waals surface area contributed by atoms with Crippen LogP contribution in [0, 0.1) is 5.92 Å². The van der Waals surface area contributed by atoms with Gasteiger partial charge in [0.25, 0.3) is 0 Å². The topological polar surface area (TPSA) is 59.0 Å². The minimum atomic E-state index is 0.105. The van der Waals surface area contributed by atoms with Crippen LogP contribution in [-0.2, 0) is 4.79 Å². The van der Waals surface area contributed by atoms with Crippen LogP contribution in [0.5, 0.6) is 0 Å². The first-order chi connectivity index (χ1) is 10.3. The van der Waals surface area contributed by atoms with E-state index >= 15 is 0 Å². The Morgan fingerprint density at radius 1 is 1.29 bits per heavy atom. The number of benzene rings is 1. The van der Waals surface area contributed by atoms with E-state index in [1.54, 1.807) is 10.9 Å². The minimum absolute atomic E-state index is 0.105. The van der Waals surface area contributed by atoms with E-state index in [0.717, 1.165) is 37.3 Å². The average molecular weight is 284 g/mol. The van der Waals surface area contributed by atoms with Crippen LogP contribution in [-0.4, -0.2) is 28.8 Å². The van der Waals surface area contributed by atoms with Crippen LogP contribution in [0.2, 0.25) is 0 Å². The molecule has 5 heteroatoms. The highest BCUT2D eigenvalue weighted by molar-refractivity contribution is 5.90. The number of nitrogens with one attached hydrogen (secondary N) is 2. The molecule has 21 heavy (non-hydrogen) atoms. The smallest absolute Gasteiger partial charge is 0.224 e. The highest BCUT2D eigenvalue weighted by atomic mass is 16.1. The number of rotatable bonds is 4. The molecule has 2 N–H and O–H groups in total. The number of piperidine rings is 1. The highest BCUT2D eigenvalue weighted by Gasteiger charge is 2.16. The number of anilines is 1. The van der Waals surface area contributed by atoms with Gasteiger partial charge in [0.15, 0.2) is 0 Å². The van der Waals surface area contributed by atoms with Gasteiger partial charge >= 0.3 is 0 Å². The molecule has 0 saturated carbocycles. The Hall–Kier alpha value is -2.14. The molecule has 1 fully saturated rings. The fourth-order valence-corrected chi connectivity index (χ4v) is 2.68. The van der Waals surface area contributed by atoms with Gasteiger partial charge in [-0.15, -0.1) is 0 Å². The maximum Gasteiger partial charge on any atom is 0.224 e. The van der Waals surface area contributed by atoms with Crippen molar-refractivity contribution >= 4 is 11.6 Å². The number of amides is 1. The monoisotopic (exact) mass is 284 g/mol. The van der Waals surface area contributed by atoms with Crippen LogP contribution in [0.3, 0.4) is 0 Å². The molecule has 0 aliphatic carbocycles. The van der Waals surface area contributed by atoms with Gasteiger partial charge in [-0.05, 0) is 62.2 Å². The molecule has 1 aliphatic rings. The summed E-state index contributed by atoms with van der Waals surface area (Å²) in [4.78, 5) is 12.0. The first kappa shape index (κ1) is 13.8. The first-order valence-electron chi connectivity index (χ1n) is 7.42. The van der Waals surface area contributed by atoms with E-state index in [-0.39, 0.29) is 5.91 Å². The summed E-state index contributed by atoms with van der Waals surface area (Å²) in [6.45, 7) is 2.05. The summed E-state index contributed by atoms with van der Waals surface area (Å²) < 4.78 is 1.79. The highest BCUT2D eigenvalue weighted by Crippen LogP contribution is 2.18. The maximum absolute atomic E-state index is 12.0. The molecular formula is C16H20N4O. The molecule has 1 aromatic heterocycles. The standard InChI is InChI=1S/C16H20N4O/c21-16(12-13-6-9-17-10-7-13)19-14-2-4-15(5-3-14)20-11-1-8-18-20/h1-5,8,11,13,17H,6-7,9-10,12H2,(H,19,21). The molecular weight excluding hydrogens is 264 g/mol. The minimum Gasteiger partial charge on any atom is -0.326 e. The fourth-order valence-electron chi connectivity index (χ4n) is 2.68. The third-order valence-corrected chi connectivity index (χ3v) is 3.85. The Kier molecular flexibility index (Phi) is 4.31. The summed E-state index contributed by atoms with van der Waals surface area (Å²) in [6.07, 6.45) is 6.43. The molecule has 0 atom stereocenters. The van der Waals surface area contributed by atoms with Crippen molar-refractivity contribution in [3.05, 3.63) is 42.7 Å². The zero-order valence-electron chi connectivity index (χ0n) is 12.0. The Bertz CT molecular complexity index is 571. The number of aromatic nitrogens is 2. The van der Waals surface area contributed by atoms with Gasteiger partial charge in [-0.2, -0.15) is 5.10 Å². The number of carbonyl (C=O) groups is 1. The van der Waals surface area contributed by atoms with E-state index in [0.29, 0.717) is 12.3 Å². The zero-order valence-corrected chi connectivity index (χ0v) is 12.0. The second-order valence-electron chi connectivity index (χ2n) is 5.44. The largest absolute Gasteiger partial charge is 0.326 e. The summed E-state index contributed by atoms with van der Waals surface area (Å²) in [7, 11) is 0. The van der Waals surface area contributed by atoms with Crippen molar-refractivity contribution in [1.82, 2.24) is 15.1 Å². The lowest BCUT2D eigenvalue weighted by molar-refractivity contribution is -0.117. The van der Waals surface area contributed by atoms with Gasteiger partial charge in [0.05, 0.1) is 5.69 Å². The number of hydrogen-bond donors (Lipinski definition) is 2. The molecule has 0 spiro atoms. The molecule has 110 valence electrons. The second-order valence-corrected chi connectivity index (χ2v) is 5.44. The average Bonchev–Trinajstić information content (AvgIpc) is 3.03. The Morgan fingerprint density at radius 3 is 2.71 bits per heavy atom. The summed E-state index contributed by atoms with van der Waals surface area (Å²) in [5, 5.41) is 10.5. The van der Waals surface area contributed by atoms with Gasteiger partial charge < -0.3 is 10.6 Å². The molecule has 3 rings (SSSR count). The Balaban J connectivity index is 1.56. The molecule has 1 aromatic carbocycles. The lowest BCUT2D eigenvalue weighted by atomic mass is 9.94. The van der Waals surface area contributed by atoms with E-state index in [4.69, 9.17) is 0 Å². The van der Waals surface area contributed by atoms with Crippen molar-refractivity contribution in [2.75, 3.05) is 18.4 Å². The van der Waals surface area contributed by atoms with Gasteiger partial charge in [-0.3, -0.25) is 4.79 Å². The summed E-state index contributed by atoms with van der Waals surface area (Å²) in [5.41, 5.74) is 1.82. The van der Waals surface area contributed by atoms with E-state index in [2.05, 4.69) is 15.7 Å². The quantitative estimate of drug-likeness (QED) is 0.905. The molecule has 1 aliphatic heterocycles. The molecule has 1 saturated heterocycles. The van der Waals surface area contributed by atoms with Gasteiger partial charge in [0.1, 0.15) is 0 Å². The first-order valence-corrected chi connectivity index (χ1v) is 7.42. The third kappa shape index (κ3) is 3.70. The number of nitrogens with zero attached hydrogens (tertiary/aromatic N) is 2. The predicted octanol–water partition coefficient (Wildman–Crippen LogP) is 2.20. The van der Waals surface area contributed by atoms with E-state index in [1.807, 2.05) is 36.5 Å². The van der Waals surface area contributed by atoms with Crippen LogP contribution in [0.4, 0.5) is 5.69 Å². The zero-order chi connectivity index (χ0) is 14.5. The lowest BCUT2D eigenvalue weighted by Crippen LogP contribution is -2.30. The van der Waals surface area contributed by atoms with Crippen molar-refractivity contribution in [3.63, 3.8) is 0 Å². The van der Waals surface area contributed by atoms with Crippen LogP contribution in [0.15, 0.2) is 42.7 Å². The summed E-state index contributed by atoms with van der Waals surface area (Å²) >= 11 is 0. The predicted molar refractivity (Wildman–Crippen MR) is 82.4 cm³/mol. The summed E-state index contributed by atoms with van der Waals surface area (Å²) in [6, 6.07) is 9.61. The molecule has 1 amide bonds. The van der Waals surface area contributed by atoms with Gasteiger partial charge in [-0.1, -0.05) is 0 Å². The summed E-state index contributed by atoms with van der Waals surface area (Å²) in [5.74, 6) is 0.614. The van der Waals surface area contributed by atoms with Gasteiger partial charge in [0, 0.05) is 24.5 Å². The number of hydrogen-bond acceptors (Lipinski definition) is 3. The number of carbonyl (C=O) groups excluding carboxylic acids is 1. The molecule has 5 nitrogen and oxygen atoms in total. The van der Waals surface area contributed by atoms with Crippen LogP contribution in [0.1, 0.15) is 19.3 Å². The SMILES string of the molecule is O=C(CC1CCNCC1)Nc1ccc(-n2cccn2)cc1. The Labute approximate surface area is 124 Å². The maximum atomic E-state index is 12.0. The normalized spacial score (nSPS) is 15.8. The van der Waals surface area contributed by atoms with Crippen molar-refractivity contribution in [2.24, 2.45) is 5.92 Å². The Morgan fingerprint density at radius 2 is 2.05 bits per heavy atom. The molecule has 2 heterocycles. The van der Waals surface area contributed by atoms with Gasteiger partial charge in [-0.25, -0.2) is 4.68 Å². The third-order valence-electron chi connectivity index (χ3n) is 3.85. The van der Waals surface area contributed by atoms with Crippen molar-refractivity contribution in [3.8, 4) is 5.69 Å². The van der Waals surface area contributed by atoms with Crippen molar-refractivity contribution < 1.29 is 4.79 Å². The lowest BCUT2D eigenvalue weighted by Gasteiger charge is -2.21.